The Morgan fingerprint density at radius 2 is 2.22 bits per heavy atom. The molecule has 3 nitrogen and oxygen atoms in total. The van der Waals surface area contributed by atoms with E-state index < -0.39 is 0 Å². The first-order valence-electron chi connectivity index (χ1n) is 6.51. The normalized spacial score (nSPS) is 21.9. The first kappa shape index (κ1) is 12.3. The van der Waals surface area contributed by atoms with Crippen LogP contribution in [0.5, 0.6) is 11.5 Å². The van der Waals surface area contributed by atoms with Gasteiger partial charge >= 0.3 is 0 Å². The molecule has 2 aliphatic rings. The van der Waals surface area contributed by atoms with Gasteiger partial charge in [0.1, 0.15) is 0 Å². The molecule has 1 N–H and O–H groups in total. The molecule has 0 spiro atoms. The van der Waals surface area contributed by atoms with E-state index in [-0.39, 0.29) is 0 Å². The maximum absolute atomic E-state index is 5.55. The van der Waals surface area contributed by atoms with Crippen molar-refractivity contribution in [1.82, 2.24) is 5.32 Å². The van der Waals surface area contributed by atoms with E-state index in [9.17, 15) is 0 Å². The van der Waals surface area contributed by atoms with Crippen molar-refractivity contribution in [2.45, 2.75) is 32.1 Å². The van der Waals surface area contributed by atoms with Gasteiger partial charge in [-0.2, -0.15) is 0 Å². The molecule has 3 rings (SSSR count). The molecule has 1 aromatic carbocycles. The summed E-state index contributed by atoms with van der Waals surface area (Å²) >= 11 is 3.71. The van der Waals surface area contributed by atoms with Crippen LogP contribution in [0.4, 0.5) is 0 Å². The molecule has 0 amide bonds. The van der Waals surface area contributed by atoms with E-state index in [1.165, 1.54) is 17.5 Å². The quantitative estimate of drug-likeness (QED) is 0.908. The van der Waals surface area contributed by atoms with Crippen LogP contribution >= 0.6 is 15.9 Å². The number of benzene rings is 1. The standard InChI is InChI=1S/C14H18BrNO2/c1-8(2)12-10(9-3-4-16-6-9)5-11-14(13(12)15)18-7-17-11/h5,8-9,16H,3-4,6-7H2,1-2H3. The van der Waals surface area contributed by atoms with E-state index in [4.69, 9.17) is 9.47 Å². The van der Waals surface area contributed by atoms with Gasteiger partial charge in [0, 0.05) is 6.54 Å². The van der Waals surface area contributed by atoms with Crippen molar-refractivity contribution in [2.24, 2.45) is 0 Å². The minimum atomic E-state index is 0.331. The lowest BCUT2D eigenvalue weighted by molar-refractivity contribution is 0.173. The Balaban J connectivity index is 2.13. The summed E-state index contributed by atoms with van der Waals surface area (Å²) in [5, 5.41) is 3.44. The maximum Gasteiger partial charge on any atom is 0.231 e. The number of hydrogen-bond donors (Lipinski definition) is 1. The van der Waals surface area contributed by atoms with Crippen molar-refractivity contribution in [1.29, 1.82) is 0 Å². The highest BCUT2D eigenvalue weighted by Crippen LogP contribution is 2.47. The minimum Gasteiger partial charge on any atom is -0.454 e. The number of nitrogens with one attached hydrogen (secondary N) is 1. The SMILES string of the molecule is CC(C)c1c(C2CCNC2)cc2c(c1Br)OCO2. The lowest BCUT2D eigenvalue weighted by atomic mass is 9.88. The molecule has 1 aromatic rings. The Bertz CT molecular complexity index is 467. The van der Waals surface area contributed by atoms with Gasteiger partial charge in [-0.3, -0.25) is 0 Å². The fourth-order valence-electron chi connectivity index (χ4n) is 2.88. The molecule has 0 saturated carbocycles. The molecule has 0 aromatic heterocycles. The van der Waals surface area contributed by atoms with Crippen LogP contribution < -0.4 is 14.8 Å². The van der Waals surface area contributed by atoms with Crippen LogP contribution in [0.1, 0.15) is 43.2 Å². The zero-order valence-electron chi connectivity index (χ0n) is 10.8. The van der Waals surface area contributed by atoms with Crippen LogP contribution in [-0.2, 0) is 0 Å². The van der Waals surface area contributed by atoms with Crippen LogP contribution in [0, 0.1) is 0 Å². The van der Waals surface area contributed by atoms with Crippen LogP contribution in [0.25, 0.3) is 0 Å². The summed E-state index contributed by atoms with van der Waals surface area (Å²) in [6.07, 6.45) is 1.20. The Labute approximate surface area is 116 Å². The highest BCUT2D eigenvalue weighted by atomic mass is 79.9. The van der Waals surface area contributed by atoms with Crippen LogP contribution in [0.15, 0.2) is 10.5 Å². The monoisotopic (exact) mass is 311 g/mol. The highest BCUT2D eigenvalue weighted by Gasteiger charge is 2.28. The molecule has 98 valence electrons. The summed E-state index contributed by atoms with van der Waals surface area (Å²) in [5.41, 5.74) is 2.78. The van der Waals surface area contributed by atoms with Gasteiger partial charge in [0.2, 0.25) is 6.79 Å². The van der Waals surface area contributed by atoms with Gasteiger partial charge in [-0.25, -0.2) is 0 Å². The molecule has 2 aliphatic heterocycles. The average Bonchev–Trinajstić information content (AvgIpc) is 2.99. The second kappa shape index (κ2) is 4.74. The Kier molecular flexibility index (Phi) is 3.24. The first-order valence-corrected chi connectivity index (χ1v) is 7.30. The van der Waals surface area contributed by atoms with E-state index in [1.54, 1.807) is 0 Å². The zero-order valence-corrected chi connectivity index (χ0v) is 12.3. The summed E-state index contributed by atoms with van der Waals surface area (Å²) in [6.45, 7) is 6.96. The van der Waals surface area contributed by atoms with E-state index in [0.29, 0.717) is 18.6 Å². The number of ether oxygens (including phenoxy) is 2. The minimum absolute atomic E-state index is 0.331. The van der Waals surface area contributed by atoms with Crippen LogP contribution in [0.2, 0.25) is 0 Å². The second-order valence-electron chi connectivity index (χ2n) is 5.27. The second-order valence-corrected chi connectivity index (χ2v) is 6.06. The summed E-state index contributed by atoms with van der Waals surface area (Å²) in [4.78, 5) is 0. The van der Waals surface area contributed by atoms with Crippen LogP contribution in [-0.4, -0.2) is 19.9 Å². The van der Waals surface area contributed by atoms with Gasteiger partial charge in [0.05, 0.1) is 4.47 Å². The number of rotatable bonds is 2. The van der Waals surface area contributed by atoms with E-state index in [1.807, 2.05) is 0 Å². The summed E-state index contributed by atoms with van der Waals surface area (Å²) in [6, 6.07) is 2.18. The lowest BCUT2D eigenvalue weighted by Crippen LogP contribution is -2.10. The molecule has 2 heterocycles. The van der Waals surface area contributed by atoms with Gasteiger partial charge in [0.25, 0.3) is 0 Å². The van der Waals surface area contributed by atoms with E-state index in [2.05, 4.69) is 41.2 Å². The third-order valence-electron chi connectivity index (χ3n) is 3.75. The predicted molar refractivity (Wildman–Crippen MR) is 74.6 cm³/mol. The van der Waals surface area contributed by atoms with Gasteiger partial charge in [-0.1, -0.05) is 13.8 Å². The molecular weight excluding hydrogens is 294 g/mol. The summed E-state index contributed by atoms with van der Waals surface area (Å²) in [5.74, 6) is 2.82. The fourth-order valence-corrected chi connectivity index (χ4v) is 3.88. The number of fused-ring (bicyclic) bond motifs is 1. The molecule has 0 bridgehead atoms. The Morgan fingerprint density at radius 1 is 1.39 bits per heavy atom. The largest absolute Gasteiger partial charge is 0.454 e. The molecule has 18 heavy (non-hydrogen) atoms. The smallest absolute Gasteiger partial charge is 0.231 e. The maximum atomic E-state index is 5.55. The summed E-state index contributed by atoms with van der Waals surface area (Å²) in [7, 11) is 0. The topological polar surface area (TPSA) is 30.5 Å². The zero-order chi connectivity index (χ0) is 12.7. The van der Waals surface area contributed by atoms with Crippen molar-refractivity contribution >= 4 is 15.9 Å². The van der Waals surface area contributed by atoms with Crippen molar-refractivity contribution in [3.05, 3.63) is 21.7 Å². The van der Waals surface area contributed by atoms with Gasteiger partial charge < -0.3 is 14.8 Å². The fraction of sp³-hybridized carbons (Fsp3) is 0.571. The predicted octanol–water partition coefficient (Wildman–Crippen LogP) is 3.38. The Morgan fingerprint density at radius 3 is 2.89 bits per heavy atom. The van der Waals surface area contributed by atoms with Crippen molar-refractivity contribution in [2.75, 3.05) is 19.9 Å². The molecule has 0 aliphatic carbocycles. The molecule has 4 heteroatoms. The lowest BCUT2D eigenvalue weighted by Gasteiger charge is -2.20. The number of halogens is 1. The van der Waals surface area contributed by atoms with Crippen molar-refractivity contribution in [3.8, 4) is 11.5 Å². The third-order valence-corrected chi connectivity index (χ3v) is 4.54. The van der Waals surface area contributed by atoms with E-state index >= 15 is 0 Å². The molecule has 1 atom stereocenters. The van der Waals surface area contributed by atoms with Crippen molar-refractivity contribution in [3.63, 3.8) is 0 Å². The Hall–Kier alpha value is -0.740. The molecule has 0 radical (unpaired) electrons. The van der Waals surface area contributed by atoms with E-state index in [0.717, 1.165) is 29.1 Å². The van der Waals surface area contributed by atoms with Gasteiger partial charge in [-0.15, -0.1) is 0 Å². The highest BCUT2D eigenvalue weighted by molar-refractivity contribution is 9.10. The number of hydrogen-bond acceptors (Lipinski definition) is 3. The van der Waals surface area contributed by atoms with Crippen molar-refractivity contribution < 1.29 is 9.47 Å². The molecule has 1 fully saturated rings. The first-order chi connectivity index (χ1) is 8.68. The average molecular weight is 312 g/mol. The third kappa shape index (κ3) is 1.91. The molecule has 1 unspecified atom stereocenters. The van der Waals surface area contributed by atoms with Gasteiger partial charge in [-0.05, 0) is 57.9 Å². The molecular formula is C14H18BrNO2. The van der Waals surface area contributed by atoms with Gasteiger partial charge in [0.15, 0.2) is 11.5 Å². The van der Waals surface area contributed by atoms with Crippen LogP contribution in [0.3, 0.4) is 0 Å². The summed E-state index contributed by atoms with van der Waals surface area (Å²) < 4.78 is 12.2. The molecule has 1 saturated heterocycles.